The summed E-state index contributed by atoms with van der Waals surface area (Å²) in [6.07, 6.45) is 0. The summed E-state index contributed by atoms with van der Waals surface area (Å²) in [7, 11) is 6.18. The first-order chi connectivity index (χ1) is 12.2. The fourth-order valence-corrected chi connectivity index (χ4v) is 2.53. The maximum Gasteiger partial charge on any atom is 0.261 e. The van der Waals surface area contributed by atoms with Crippen LogP contribution in [0.1, 0.15) is 34.6 Å². The molecule has 26 heavy (non-hydrogen) atoms. The smallest absolute Gasteiger partial charge is 0.261 e. The van der Waals surface area contributed by atoms with E-state index in [1.807, 2.05) is 6.92 Å². The molecule has 0 saturated carbocycles. The molecule has 0 aromatic heterocycles. The van der Waals surface area contributed by atoms with Crippen molar-refractivity contribution in [2.45, 2.75) is 25.4 Å². The van der Waals surface area contributed by atoms with Gasteiger partial charge in [-0.05, 0) is 26.0 Å². The molecule has 1 heterocycles. The summed E-state index contributed by atoms with van der Waals surface area (Å²) in [5, 5.41) is 0.688. The number of alkyl halides is 1. The van der Waals surface area contributed by atoms with Crippen LogP contribution >= 0.6 is 15.9 Å². The van der Waals surface area contributed by atoms with Crippen LogP contribution in [0.2, 0.25) is 0 Å². The van der Waals surface area contributed by atoms with Crippen molar-refractivity contribution in [3.05, 3.63) is 35.4 Å². The molecule has 146 valence electrons. The predicted molar refractivity (Wildman–Crippen MR) is 100 cm³/mol. The number of nitrogens with zero attached hydrogens (tertiary/aromatic N) is 1. The monoisotopic (exact) mass is 431 g/mol. The molecule has 8 heteroatoms. The van der Waals surface area contributed by atoms with Gasteiger partial charge in [-0.2, -0.15) is 0 Å². The van der Waals surface area contributed by atoms with E-state index in [4.69, 9.17) is 18.9 Å². The highest BCUT2D eigenvalue weighted by Crippen LogP contribution is 2.25. The number of ether oxygens (including phenoxy) is 4. The number of rotatable bonds is 7. The Balaban J connectivity index is 0.000000359. The van der Waals surface area contributed by atoms with Crippen LogP contribution in [0, 0.1) is 0 Å². The van der Waals surface area contributed by atoms with Crippen molar-refractivity contribution in [1.82, 2.24) is 4.90 Å². The molecule has 2 amide bonds. The van der Waals surface area contributed by atoms with Gasteiger partial charge >= 0.3 is 0 Å². The van der Waals surface area contributed by atoms with E-state index < -0.39 is 11.6 Å². The minimum Gasteiger partial charge on any atom is -0.353 e. The van der Waals surface area contributed by atoms with Gasteiger partial charge in [-0.1, -0.05) is 28.1 Å². The highest BCUT2D eigenvalue weighted by atomic mass is 79.9. The van der Waals surface area contributed by atoms with Crippen molar-refractivity contribution in [3.8, 4) is 0 Å². The molecule has 1 aliphatic rings. The fraction of sp³-hybridized carbons (Fsp3) is 0.556. The van der Waals surface area contributed by atoms with E-state index in [1.54, 1.807) is 45.4 Å². The Morgan fingerprint density at radius 3 is 1.50 bits per heavy atom. The number of imide groups is 1. The van der Waals surface area contributed by atoms with Crippen LogP contribution in [0.4, 0.5) is 0 Å². The van der Waals surface area contributed by atoms with Gasteiger partial charge in [0.05, 0.1) is 23.0 Å². The zero-order chi connectivity index (χ0) is 20.0. The summed E-state index contributed by atoms with van der Waals surface area (Å²) in [6.45, 7) is 3.60. The average Bonchev–Trinajstić information content (AvgIpc) is 2.92. The Kier molecular flexibility index (Phi) is 8.36. The van der Waals surface area contributed by atoms with E-state index in [0.29, 0.717) is 16.5 Å². The summed E-state index contributed by atoms with van der Waals surface area (Å²) in [6, 6.07) is 6.76. The van der Waals surface area contributed by atoms with Gasteiger partial charge in [-0.15, -0.1) is 0 Å². The van der Waals surface area contributed by atoms with Crippen LogP contribution < -0.4 is 0 Å². The molecule has 0 bridgehead atoms. The number of carbonyl (C=O) groups excluding carboxylic acids is 2. The quantitative estimate of drug-likeness (QED) is 0.375. The standard InChI is InChI=1S/C13H15NO4.C5H11BrO2/c1-13(17-2,18-3)8-14-11(15)9-6-4-5-7-10(9)12(14)16;1-5(4-6,7-2)8-3/h4-7H,8H2,1-3H3;4H2,1-3H3. The number of fused-ring (bicyclic) bond motifs is 1. The number of benzene rings is 1. The molecule has 0 N–H and O–H groups in total. The first-order valence-electron chi connectivity index (χ1n) is 7.92. The molecule has 1 aliphatic heterocycles. The Morgan fingerprint density at radius 2 is 1.23 bits per heavy atom. The zero-order valence-corrected chi connectivity index (χ0v) is 17.6. The van der Waals surface area contributed by atoms with Crippen LogP contribution in [-0.4, -0.2) is 68.6 Å². The molecule has 1 aromatic rings. The minimum atomic E-state index is -0.993. The summed E-state index contributed by atoms with van der Waals surface area (Å²) in [5.41, 5.74) is 0.856. The molecule has 0 spiro atoms. The molecule has 1 aromatic carbocycles. The molecule has 0 fully saturated rings. The van der Waals surface area contributed by atoms with Crippen LogP contribution in [0.25, 0.3) is 0 Å². The number of hydrogen-bond donors (Lipinski definition) is 0. The molecule has 0 unspecified atom stereocenters. The molecule has 0 saturated heterocycles. The number of halogens is 1. The lowest BCUT2D eigenvalue weighted by atomic mass is 10.1. The van der Waals surface area contributed by atoms with Gasteiger partial charge in [-0.25, -0.2) is 0 Å². The van der Waals surface area contributed by atoms with Crippen LogP contribution in [0.5, 0.6) is 0 Å². The topological polar surface area (TPSA) is 74.3 Å². The molecule has 0 radical (unpaired) electrons. The maximum absolute atomic E-state index is 12.1. The fourth-order valence-electron chi connectivity index (χ4n) is 2.07. The molecule has 0 atom stereocenters. The van der Waals surface area contributed by atoms with Crippen molar-refractivity contribution in [2.75, 3.05) is 40.3 Å². The third kappa shape index (κ3) is 5.11. The zero-order valence-electron chi connectivity index (χ0n) is 16.0. The van der Waals surface area contributed by atoms with Crippen molar-refractivity contribution in [3.63, 3.8) is 0 Å². The van der Waals surface area contributed by atoms with E-state index in [0.717, 1.165) is 4.90 Å². The second-order valence-corrected chi connectivity index (χ2v) is 6.52. The SMILES string of the molecule is COC(C)(CBr)OC.COC(C)(CN1C(=O)c2ccccc2C1=O)OC. The van der Waals surface area contributed by atoms with Crippen molar-refractivity contribution < 1.29 is 28.5 Å². The largest absolute Gasteiger partial charge is 0.353 e. The third-order valence-corrected chi connectivity index (χ3v) is 5.31. The van der Waals surface area contributed by atoms with Crippen LogP contribution in [-0.2, 0) is 18.9 Å². The van der Waals surface area contributed by atoms with Gasteiger partial charge < -0.3 is 18.9 Å². The Hall–Kier alpha value is -1.32. The van der Waals surface area contributed by atoms with Gasteiger partial charge in [0.25, 0.3) is 11.8 Å². The van der Waals surface area contributed by atoms with E-state index >= 15 is 0 Å². The lowest BCUT2D eigenvalue weighted by molar-refractivity contribution is -0.196. The van der Waals surface area contributed by atoms with Gasteiger partial charge in [0.2, 0.25) is 0 Å². The van der Waals surface area contributed by atoms with Gasteiger partial charge in [0.1, 0.15) is 0 Å². The lowest BCUT2D eigenvalue weighted by Crippen LogP contribution is -2.46. The molecule has 0 aliphatic carbocycles. The highest BCUT2D eigenvalue weighted by molar-refractivity contribution is 9.09. The number of amides is 2. The molecule has 2 rings (SSSR count). The first kappa shape index (κ1) is 22.7. The van der Waals surface area contributed by atoms with E-state index in [9.17, 15) is 9.59 Å². The second kappa shape index (κ2) is 9.57. The number of hydrogen-bond acceptors (Lipinski definition) is 6. The maximum atomic E-state index is 12.1. The Labute approximate surface area is 162 Å². The molecular weight excluding hydrogens is 406 g/mol. The first-order valence-corrected chi connectivity index (χ1v) is 9.04. The van der Waals surface area contributed by atoms with Crippen molar-refractivity contribution in [2.24, 2.45) is 0 Å². The van der Waals surface area contributed by atoms with Gasteiger partial charge in [0, 0.05) is 28.4 Å². The normalized spacial score (nSPS) is 14.2. The molecular formula is C18H26BrNO6. The van der Waals surface area contributed by atoms with Crippen molar-refractivity contribution >= 4 is 27.7 Å². The summed E-state index contributed by atoms with van der Waals surface area (Å²) in [4.78, 5) is 25.4. The van der Waals surface area contributed by atoms with Gasteiger partial charge in [-0.3, -0.25) is 14.5 Å². The minimum absolute atomic E-state index is 0.0619. The second-order valence-electron chi connectivity index (χ2n) is 5.96. The summed E-state index contributed by atoms with van der Waals surface area (Å²) < 4.78 is 20.3. The van der Waals surface area contributed by atoms with Gasteiger partial charge in [0.15, 0.2) is 11.6 Å². The Morgan fingerprint density at radius 1 is 0.846 bits per heavy atom. The third-order valence-electron chi connectivity index (χ3n) is 4.29. The summed E-state index contributed by atoms with van der Waals surface area (Å²) >= 11 is 3.24. The molecule has 7 nitrogen and oxygen atoms in total. The average molecular weight is 432 g/mol. The van der Waals surface area contributed by atoms with E-state index in [1.165, 1.54) is 14.2 Å². The number of carbonyl (C=O) groups is 2. The number of methoxy groups -OCH3 is 4. The summed E-state index contributed by atoms with van der Waals surface area (Å²) in [5.74, 6) is -2.07. The predicted octanol–water partition coefficient (Wildman–Crippen LogP) is 2.68. The van der Waals surface area contributed by atoms with Crippen LogP contribution in [0.3, 0.4) is 0 Å². The van der Waals surface area contributed by atoms with E-state index in [-0.39, 0.29) is 18.4 Å². The highest BCUT2D eigenvalue weighted by Gasteiger charge is 2.40. The Bertz CT molecular complexity index is 585. The van der Waals surface area contributed by atoms with E-state index in [2.05, 4.69) is 15.9 Å². The van der Waals surface area contributed by atoms with Crippen molar-refractivity contribution in [1.29, 1.82) is 0 Å². The van der Waals surface area contributed by atoms with Crippen LogP contribution in [0.15, 0.2) is 24.3 Å². The lowest BCUT2D eigenvalue weighted by Gasteiger charge is -2.29.